The number of nitrogens with zero attached hydrogens (tertiary/aromatic N) is 1. The Labute approximate surface area is 105 Å². The number of aryl methyl sites for hydroxylation is 1. The van der Waals surface area contributed by atoms with Gasteiger partial charge in [0.2, 0.25) is 0 Å². The minimum absolute atomic E-state index is 0.0495. The third-order valence-corrected chi connectivity index (χ3v) is 2.48. The molecule has 0 spiro atoms. The number of esters is 1. The molecule has 2 N–H and O–H groups in total. The van der Waals surface area contributed by atoms with Crippen molar-refractivity contribution in [2.45, 2.75) is 25.8 Å². The van der Waals surface area contributed by atoms with Gasteiger partial charge in [-0.1, -0.05) is 12.1 Å². The second-order valence-electron chi connectivity index (χ2n) is 3.82. The molecule has 0 saturated carbocycles. The molecule has 0 radical (unpaired) electrons. The average molecular weight is 252 g/mol. The smallest absolute Gasteiger partial charge is 0.322 e. The molecule has 0 aliphatic carbocycles. The number of ether oxygens (including phenoxy) is 1. The molecule has 1 atom stereocenters. The number of hydrogen-bond donors (Lipinski definition) is 1. The van der Waals surface area contributed by atoms with E-state index in [1.54, 1.807) is 19.1 Å². The van der Waals surface area contributed by atoms with Gasteiger partial charge in [-0.2, -0.15) is 0 Å². The van der Waals surface area contributed by atoms with Gasteiger partial charge in [0, 0.05) is 12.1 Å². The predicted molar refractivity (Wildman–Crippen MR) is 66.0 cm³/mol. The number of carbonyl (C=O) groups excluding carboxylic acids is 1. The summed E-state index contributed by atoms with van der Waals surface area (Å²) in [5.41, 5.74) is 6.60. The van der Waals surface area contributed by atoms with Crippen molar-refractivity contribution in [1.29, 1.82) is 0 Å². The number of nitro groups is 1. The van der Waals surface area contributed by atoms with E-state index in [9.17, 15) is 14.9 Å². The molecule has 6 nitrogen and oxygen atoms in total. The number of hydrogen-bond acceptors (Lipinski definition) is 5. The fourth-order valence-electron chi connectivity index (χ4n) is 1.47. The van der Waals surface area contributed by atoms with E-state index in [-0.39, 0.29) is 5.69 Å². The highest BCUT2D eigenvalue weighted by molar-refractivity contribution is 5.75. The first kappa shape index (κ1) is 14.1. The minimum atomic E-state index is -0.653. The summed E-state index contributed by atoms with van der Waals surface area (Å²) >= 11 is 0. The summed E-state index contributed by atoms with van der Waals surface area (Å²) in [6.07, 6.45) is 1.04. The van der Waals surface area contributed by atoms with Crippen LogP contribution in [-0.4, -0.2) is 23.5 Å². The Morgan fingerprint density at radius 3 is 2.56 bits per heavy atom. The summed E-state index contributed by atoms with van der Waals surface area (Å²) in [4.78, 5) is 21.3. The van der Waals surface area contributed by atoms with Crippen molar-refractivity contribution in [3.05, 3.63) is 39.9 Å². The number of carbonyl (C=O) groups is 1. The van der Waals surface area contributed by atoms with Crippen LogP contribution < -0.4 is 5.73 Å². The maximum absolute atomic E-state index is 11.3. The van der Waals surface area contributed by atoms with Crippen molar-refractivity contribution >= 4 is 11.7 Å². The largest absolute Gasteiger partial charge is 0.465 e. The quantitative estimate of drug-likeness (QED) is 0.469. The SMILES string of the molecule is CCOC(=O)C(N)CCc1ccc([N+](=O)[O-])cc1. The summed E-state index contributed by atoms with van der Waals surface area (Å²) < 4.78 is 4.79. The lowest BCUT2D eigenvalue weighted by Gasteiger charge is -2.10. The summed E-state index contributed by atoms with van der Waals surface area (Å²) in [5.74, 6) is -0.417. The summed E-state index contributed by atoms with van der Waals surface area (Å²) in [5, 5.41) is 10.5. The second kappa shape index (κ2) is 6.70. The molecule has 0 aliphatic heterocycles. The highest BCUT2D eigenvalue weighted by Gasteiger charge is 2.14. The van der Waals surface area contributed by atoms with Gasteiger partial charge in [0.05, 0.1) is 11.5 Å². The normalized spacial score (nSPS) is 11.9. The van der Waals surface area contributed by atoms with Crippen LogP contribution in [0.5, 0.6) is 0 Å². The molecule has 1 rings (SSSR count). The molecule has 98 valence electrons. The number of benzene rings is 1. The van der Waals surface area contributed by atoms with Gasteiger partial charge in [-0.3, -0.25) is 14.9 Å². The number of nitro benzene ring substituents is 1. The molecule has 0 heterocycles. The van der Waals surface area contributed by atoms with Crippen LogP contribution in [0, 0.1) is 10.1 Å². The molecule has 1 aromatic rings. The highest BCUT2D eigenvalue weighted by atomic mass is 16.6. The molecule has 0 aliphatic rings. The van der Waals surface area contributed by atoms with Crippen LogP contribution >= 0.6 is 0 Å². The van der Waals surface area contributed by atoms with E-state index in [0.29, 0.717) is 19.4 Å². The molecule has 0 bridgehead atoms. The number of non-ortho nitro benzene ring substituents is 1. The van der Waals surface area contributed by atoms with Gasteiger partial charge in [0.25, 0.3) is 5.69 Å². The Morgan fingerprint density at radius 1 is 1.44 bits per heavy atom. The van der Waals surface area contributed by atoms with Crippen molar-refractivity contribution in [3.63, 3.8) is 0 Å². The van der Waals surface area contributed by atoms with Gasteiger partial charge in [-0.05, 0) is 25.3 Å². The third-order valence-electron chi connectivity index (χ3n) is 2.48. The fraction of sp³-hybridized carbons (Fsp3) is 0.417. The first-order valence-electron chi connectivity index (χ1n) is 5.70. The Balaban J connectivity index is 2.48. The molecular formula is C12H16N2O4. The Morgan fingerprint density at radius 2 is 2.06 bits per heavy atom. The first-order chi connectivity index (χ1) is 8.54. The summed E-state index contributed by atoms with van der Waals surface area (Å²) in [6, 6.07) is 5.54. The van der Waals surface area contributed by atoms with E-state index in [1.165, 1.54) is 12.1 Å². The van der Waals surface area contributed by atoms with E-state index in [2.05, 4.69) is 0 Å². The third kappa shape index (κ3) is 4.14. The Hall–Kier alpha value is -1.95. The van der Waals surface area contributed by atoms with E-state index in [4.69, 9.17) is 10.5 Å². The lowest BCUT2D eigenvalue weighted by molar-refractivity contribution is -0.384. The van der Waals surface area contributed by atoms with E-state index < -0.39 is 16.9 Å². The van der Waals surface area contributed by atoms with Gasteiger partial charge in [0.1, 0.15) is 6.04 Å². The number of rotatable bonds is 6. The van der Waals surface area contributed by atoms with Crippen LogP contribution in [0.3, 0.4) is 0 Å². The zero-order chi connectivity index (χ0) is 13.5. The van der Waals surface area contributed by atoms with Gasteiger partial charge in [-0.25, -0.2) is 0 Å². The molecule has 6 heteroatoms. The summed E-state index contributed by atoms with van der Waals surface area (Å²) in [6.45, 7) is 2.03. The van der Waals surface area contributed by atoms with Gasteiger partial charge in [-0.15, -0.1) is 0 Å². The maximum atomic E-state index is 11.3. The van der Waals surface area contributed by atoms with Crippen molar-refractivity contribution in [2.24, 2.45) is 5.73 Å². The molecule has 0 aromatic heterocycles. The van der Waals surface area contributed by atoms with E-state index in [1.807, 2.05) is 0 Å². The van der Waals surface area contributed by atoms with Crippen molar-refractivity contribution < 1.29 is 14.5 Å². The molecule has 1 aromatic carbocycles. The Kier molecular flexibility index (Phi) is 5.26. The topological polar surface area (TPSA) is 95.5 Å². The van der Waals surface area contributed by atoms with Gasteiger partial charge >= 0.3 is 5.97 Å². The molecule has 0 fully saturated rings. The molecule has 0 amide bonds. The second-order valence-corrected chi connectivity index (χ2v) is 3.82. The van der Waals surface area contributed by atoms with Crippen LogP contribution in [-0.2, 0) is 16.0 Å². The van der Waals surface area contributed by atoms with Crippen LogP contribution in [0.15, 0.2) is 24.3 Å². The highest BCUT2D eigenvalue weighted by Crippen LogP contribution is 2.13. The predicted octanol–water partition coefficient (Wildman–Crippen LogP) is 1.42. The average Bonchev–Trinajstić information content (AvgIpc) is 2.36. The maximum Gasteiger partial charge on any atom is 0.322 e. The van der Waals surface area contributed by atoms with Crippen LogP contribution in [0.1, 0.15) is 18.9 Å². The lowest BCUT2D eigenvalue weighted by atomic mass is 10.1. The lowest BCUT2D eigenvalue weighted by Crippen LogP contribution is -2.32. The van der Waals surface area contributed by atoms with Crippen molar-refractivity contribution in [2.75, 3.05) is 6.61 Å². The molecule has 0 saturated heterocycles. The molecule has 18 heavy (non-hydrogen) atoms. The standard InChI is InChI=1S/C12H16N2O4/c1-2-18-12(15)11(13)8-5-9-3-6-10(7-4-9)14(16)17/h3-4,6-7,11H,2,5,8,13H2,1H3. The molecular weight excluding hydrogens is 236 g/mol. The fourth-order valence-corrected chi connectivity index (χ4v) is 1.47. The van der Waals surface area contributed by atoms with Gasteiger partial charge < -0.3 is 10.5 Å². The van der Waals surface area contributed by atoms with Crippen LogP contribution in [0.4, 0.5) is 5.69 Å². The first-order valence-corrected chi connectivity index (χ1v) is 5.70. The van der Waals surface area contributed by atoms with Crippen LogP contribution in [0.2, 0.25) is 0 Å². The van der Waals surface area contributed by atoms with Crippen molar-refractivity contribution in [1.82, 2.24) is 0 Å². The molecule has 1 unspecified atom stereocenters. The number of nitrogens with two attached hydrogens (primary N) is 1. The monoisotopic (exact) mass is 252 g/mol. The van der Waals surface area contributed by atoms with Crippen LogP contribution in [0.25, 0.3) is 0 Å². The van der Waals surface area contributed by atoms with Gasteiger partial charge in [0.15, 0.2) is 0 Å². The van der Waals surface area contributed by atoms with E-state index in [0.717, 1.165) is 5.56 Å². The zero-order valence-corrected chi connectivity index (χ0v) is 10.2. The minimum Gasteiger partial charge on any atom is -0.465 e. The summed E-state index contributed by atoms with van der Waals surface area (Å²) in [7, 11) is 0. The van der Waals surface area contributed by atoms with E-state index >= 15 is 0 Å². The zero-order valence-electron chi connectivity index (χ0n) is 10.2. The van der Waals surface area contributed by atoms with Crippen molar-refractivity contribution in [3.8, 4) is 0 Å². The Bertz CT molecular complexity index is 417.